The largest absolute Gasteiger partial charge is 0.528 e. The highest BCUT2D eigenvalue weighted by molar-refractivity contribution is 7.47. The SMILES string of the molecule is CC(C)(C)OP(=O)(O)Oc1ccccc1O. The van der Waals surface area contributed by atoms with E-state index in [0.717, 1.165) is 0 Å². The molecule has 0 bridgehead atoms. The van der Waals surface area contributed by atoms with Crippen molar-refractivity contribution in [2.24, 2.45) is 0 Å². The minimum absolute atomic E-state index is 0.0856. The first-order chi connectivity index (χ1) is 7.20. The Labute approximate surface area is 94.3 Å². The first-order valence-corrected chi connectivity index (χ1v) is 6.20. The first-order valence-electron chi connectivity index (χ1n) is 4.71. The maximum absolute atomic E-state index is 11.6. The third-order valence-electron chi connectivity index (χ3n) is 1.47. The predicted molar refractivity (Wildman–Crippen MR) is 59.4 cm³/mol. The molecule has 90 valence electrons. The minimum Gasteiger partial charge on any atom is -0.504 e. The van der Waals surface area contributed by atoms with Crippen LogP contribution in [0.4, 0.5) is 0 Å². The van der Waals surface area contributed by atoms with Gasteiger partial charge in [0.15, 0.2) is 11.5 Å². The van der Waals surface area contributed by atoms with Gasteiger partial charge in [0.25, 0.3) is 0 Å². The molecule has 1 aromatic carbocycles. The van der Waals surface area contributed by atoms with E-state index in [1.165, 1.54) is 12.1 Å². The van der Waals surface area contributed by atoms with Crippen molar-refractivity contribution in [2.45, 2.75) is 26.4 Å². The number of aromatic hydroxyl groups is 1. The molecule has 0 aliphatic carbocycles. The van der Waals surface area contributed by atoms with Crippen LogP contribution in [-0.2, 0) is 9.09 Å². The summed E-state index contributed by atoms with van der Waals surface area (Å²) in [5, 5.41) is 9.36. The molecule has 0 aliphatic rings. The smallest absolute Gasteiger partial charge is 0.504 e. The third kappa shape index (κ3) is 4.23. The number of phosphoric ester groups is 1. The number of para-hydroxylation sites is 2. The molecule has 0 amide bonds. The zero-order chi connectivity index (χ0) is 12.4. The van der Waals surface area contributed by atoms with Crippen LogP contribution in [0.1, 0.15) is 20.8 Å². The van der Waals surface area contributed by atoms with Gasteiger partial charge in [-0.2, -0.15) is 0 Å². The number of phenols is 1. The molecule has 0 aliphatic heterocycles. The number of hydrogen-bond acceptors (Lipinski definition) is 4. The van der Waals surface area contributed by atoms with Gasteiger partial charge in [-0.05, 0) is 32.9 Å². The van der Waals surface area contributed by atoms with E-state index in [-0.39, 0.29) is 11.5 Å². The Kier molecular flexibility index (Phi) is 3.63. The van der Waals surface area contributed by atoms with Gasteiger partial charge < -0.3 is 9.63 Å². The molecule has 5 nitrogen and oxygen atoms in total. The normalized spacial score (nSPS) is 15.5. The predicted octanol–water partition coefficient (Wildman–Crippen LogP) is 2.69. The van der Waals surface area contributed by atoms with E-state index in [4.69, 9.17) is 9.05 Å². The van der Waals surface area contributed by atoms with Crippen LogP contribution < -0.4 is 4.52 Å². The van der Waals surface area contributed by atoms with Crippen molar-refractivity contribution < 1.29 is 23.6 Å². The molecule has 0 saturated heterocycles. The fourth-order valence-corrected chi connectivity index (χ4v) is 2.16. The summed E-state index contributed by atoms with van der Waals surface area (Å²) in [4.78, 5) is 9.43. The highest BCUT2D eigenvalue weighted by atomic mass is 31.2. The van der Waals surface area contributed by atoms with Crippen LogP contribution in [0.5, 0.6) is 11.5 Å². The quantitative estimate of drug-likeness (QED) is 0.802. The molecular formula is C10H15O5P. The van der Waals surface area contributed by atoms with Crippen LogP contribution in [0.25, 0.3) is 0 Å². The number of hydrogen-bond donors (Lipinski definition) is 2. The molecule has 0 heterocycles. The Hall–Kier alpha value is -1.03. The summed E-state index contributed by atoms with van der Waals surface area (Å²) in [5.41, 5.74) is -0.811. The summed E-state index contributed by atoms with van der Waals surface area (Å²) in [6.07, 6.45) is 0. The Balaban J connectivity index is 2.81. The minimum atomic E-state index is -4.22. The molecule has 0 fully saturated rings. The van der Waals surface area contributed by atoms with Crippen LogP contribution in [-0.4, -0.2) is 15.6 Å². The van der Waals surface area contributed by atoms with Crippen molar-refractivity contribution in [1.29, 1.82) is 0 Å². The average molecular weight is 246 g/mol. The summed E-state index contributed by atoms with van der Waals surface area (Å²) in [6, 6.07) is 5.89. The van der Waals surface area contributed by atoms with Crippen molar-refractivity contribution in [2.75, 3.05) is 0 Å². The fraction of sp³-hybridized carbons (Fsp3) is 0.400. The zero-order valence-electron chi connectivity index (χ0n) is 9.38. The lowest BCUT2D eigenvalue weighted by atomic mass is 10.2. The van der Waals surface area contributed by atoms with Crippen LogP contribution >= 0.6 is 7.82 Å². The second kappa shape index (κ2) is 4.45. The molecule has 1 atom stereocenters. The topological polar surface area (TPSA) is 76.0 Å². The standard InChI is InChI=1S/C10H15O5P/c1-10(2,3)15-16(12,13)14-9-7-5-4-6-8(9)11/h4-7,11H,1-3H3,(H,12,13). The Morgan fingerprint density at radius 3 is 2.31 bits per heavy atom. The Bertz CT molecular complexity index is 410. The molecule has 1 rings (SSSR count). The van der Waals surface area contributed by atoms with Crippen LogP contribution in [0.15, 0.2) is 24.3 Å². The molecule has 0 radical (unpaired) electrons. The number of benzene rings is 1. The fourth-order valence-electron chi connectivity index (χ4n) is 1.02. The molecule has 0 spiro atoms. The molecule has 1 aromatic rings. The van der Waals surface area contributed by atoms with E-state index in [1.807, 2.05) is 0 Å². The molecule has 0 saturated carbocycles. The van der Waals surface area contributed by atoms with Gasteiger partial charge in [0.2, 0.25) is 0 Å². The van der Waals surface area contributed by atoms with Crippen molar-refractivity contribution in [3.8, 4) is 11.5 Å². The lowest BCUT2D eigenvalue weighted by molar-refractivity contribution is 0.0841. The average Bonchev–Trinajstić information content (AvgIpc) is 2.04. The van der Waals surface area contributed by atoms with Gasteiger partial charge >= 0.3 is 7.82 Å². The lowest BCUT2D eigenvalue weighted by Gasteiger charge is -2.22. The summed E-state index contributed by atoms with van der Waals surface area (Å²) in [7, 11) is -4.22. The summed E-state index contributed by atoms with van der Waals surface area (Å²) < 4.78 is 21.2. The van der Waals surface area contributed by atoms with E-state index < -0.39 is 13.4 Å². The second-order valence-electron chi connectivity index (χ2n) is 4.23. The van der Waals surface area contributed by atoms with Gasteiger partial charge in [0.1, 0.15) is 0 Å². The molecule has 1 unspecified atom stereocenters. The van der Waals surface area contributed by atoms with E-state index in [0.29, 0.717) is 0 Å². The van der Waals surface area contributed by atoms with Crippen LogP contribution in [0, 0.1) is 0 Å². The van der Waals surface area contributed by atoms with E-state index in [9.17, 15) is 14.6 Å². The van der Waals surface area contributed by atoms with Gasteiger partial charge in [-0.1, -0.05) is 12.1 Å². The van der Waals surface area contributed by atoms with Crippen molar-refractivity contribution in [1.82, 2.24) is 0 Å². The molecule has 2 N–H and O–H groups in total. The van der Waals surface area contributed by atoms with E-state index >= 15 is 0 Å². The number of phosphoric acid groups is 1. The highest BCUT2D eigenvalue weighted by Crippen LogP contribution is 2.49. The summed E-state index contributed by atoms with van der Waals surface area (Å²) >= 11 is 0. The van der Waals surface area contributed by atoms with Crippen LogP contribution in [0.2, 0.25) is 0 Å². The maximum atomic E-state index is 11.6. The molecule has 16 heavy (non-hydrogen) atoms. The number of rotatable bonds is 3. The monoisotopic (exact) mass is 246 g/mol. The Morgan fingerprint density at radius 1 is 1.25 bits per heavy atom. The van der Waals surface area contributed by atoms with Crippen LogP contribution in [0.3, 0.4) is 0 Å². The second-order valence-corrected chi connectivity index (χ2v) is 5.53. The van der Waals surface area contributed by atoms with Crippen molar-refractivity contribution >= 4 is 7.82 Å². The Morgan fingerprint density at radius 2 is 1.81 bits per heavy atom. The molecule has 0 aromatic heterocycles. The third-order valence-corrected chi connectivity index (χ3v) is 2.67. The highest BCUT2D eigenvalue weighted by Gasteiger charge is 2.30. The zero-order valence-corrected chi connectivity index (χ0v) is 10.3. The number of phenolic OH excluding ortho intramolecular Hbond substituents is 1. The van der Waals surface area contributed by atoms with Gasteiger partial charge in [-0.3, -0.25) is 9.42 Å². The lowest BCUT2D eigenvalue weighted by Crippen LogP contribution is -2.18. The van der Waals surface area contributed by atoms with Gasteiger partial charge in [0.05, 0.1) is 5.60 Å². The van der Waals surface area contributed by atoms with Gasteiger partial charge in [-0.25, -0.2) is 4.57 Å². The molecular weight excluding hydrogens is 231 g/mol. The summed E-state index contributed by atoms with van der Waals surface area (Å²) in [6.45, 7) is 4.89. The first kappa shape index (κ1) is 13.0. The van der Waals surface area contributed by atoms with Crippen molar-refractivity contribution in [3.63, 3.8) is 0 Å². The molecule has 6 heteroatoms. The van der Waals surface area contributed by atoms with Crippen molar-refractivity contribution in [3.05, 3.63) is 24.3 Å². The van der Waals surface area contributed by atoms with Gasteiger partial charge in [-0.15, -0.1) is 0 Å². The van der Waals surface area contributed by atoms with E-state index in [1.54, 1.807) is 32.9 Å². The maximum Gasteiger partial charge on any atom is 0.528 e. The summed E-state index contributed by atoms with van der Waals surface area (Å²) in [5.74, 6) is -0.299. The van der Waals surface area contributed by atoms with E-state index in [2.05, 4.69) is 0 Å². The van der Waals surface area contributed by atoms with Gasteiger partial charge in [0, 0.05) is 0 Å².